The summed E-state index contributed by atoms with van der Waals surface area (Å²) in [4.78, 5) is 24.6. The van der Waals surface area contributed by atoms with Gasteiger partial charge in [0.15, 0.2) is 11.5 Å². The van der Waals surface area contributed by atoms with Crippen LogP contribution < -0.4 is 20.1 Å². The molecule has 1 aliphatic carbocycles. The lowest BCUT2D eigenvalue weighted by atomic mass is 9.85. The molecule has 1 aromatic rings. The van der Waals surface area contributed by atoms with Gasteiger partial charge >= 0.3 is 0 Å². The molecule has 0 aliphatic heterocycles. The molecule has 2 unspecified atom stereocenters. The molecule has 1 saturated carbocycles. The molecule has 0 radical (unpaired) electrons. The second-order valence-electron chi connectivity index (χ2n) is 7.53. The summed E-state index contributed by atoms with van der Waals surface area (Å²) < 4.78 is 10.8. The van der Waals surface area contributed by atoms with Gasteiger partial charge in [-0.2, -0.15) is 0 Å². The monoisotopic (exact) mass is 422 g/mol. The van der Waals surface area contributed by atoms with Crippen LogP contribution in [0.3, 0.4) is 0 Å². The van der Waals surface area contributed by atoms with Crippen LogP contribution in [0.5, 0.6) is 11.5 Å². The van der Waals surface area contributed by atoms with Crippen molar-refractivity contribution in [3.8, 4) is 11.5 Å². The van der Waals surface area contributed by atoms with Crippen molar-refractivity contribution in [3.63, 3.8) is 0 Å². The van der Waals surface area contributed by atoms with E-state index in [1.54, 1.807) is 18.2 Å². The van der Waals surface area contributed by atoms with Crippen molar-refractivity contribution in [2.24, 2.45) is 5.92 Å². The van der Waals surface area contributed by atoms with Crippen molar-refractivity contribution in [3.05, 3.63) is 28.8 Å². The van der Waals surface area contributed by atoms with Gasteiger partial charge in [0, 0.05) is 24.1 Å². The summed E-state index contributed by atoms with van der Waals surface area (Å²) in [5.41, 5.74) is 0.743. The summed E-state index contributed by atoms with van der Waals surface area (Å²) in [6.07, 6.45) is 6.51. The first kappa shape index (κ1) is 23.1. The third-order valence-corrected chi connectivity index (χ3v) is 5.07. The first-order chi connectivity index (χ1) is 13.8. The van der Waals surface area contributed by atoms with Crippen LogP contribution in [0.25, 0.3) is 6.08 Å². The summed E-state index contributed by atoms with van der Waals surface area (Å²) in [7, 11) is 1.53. The third kappa shape index (κ3) is 6.96. The smallest absolute Gasteiger partial charge is 0.244 e. The summed E-state index contributed by atoms with van der Waals surface area (Å²) >= 11 is 6.25. The summed E-state index contributed by atoms with van der Waals surface area (Å²) in [6.45, 7) is 6.26. The highest BCUT2D eigenvalue weighted by Gasteiger charge is 2.28. The van der Waals surface area contributed by atoms with E-state index < -0.39 is 0 Å². The predicted molar refractivity (Wildman–Crippen MR) is 115 cm³/mol. The zero-order chi connectivity index (χ0) is 21.4. The maximum Gasteiger partial charge on any atom is 0.244 e. The van der Waals surface area contributed by atoms with Crippen molar-refractivity contribution in [1.82, 2.24) is 10.6 Å². The number of amides is 2. The molecular formula is C22H31ClN2O4. The standard InChI is InChI=1S/C22H31ClN2O4/c1-5-29-19-12-15(11-18(23)21(19)28-4)9-10-20(26)25-17-8-6-7-16(13-17)22(27)24-14(2)3/h9-12,14,16-17H,5-8,13H2,1-4H3,(H,24,27)(H,25,26)/b10-9+. The lowest BCUT2D eigenvalue weighted by molar-refractivity contribution is -0.127. The molecule has 1 aromatic carbocycles. The Morgan fingerprint density at radius 1 is 1.31 bits per heavy atom. The van der Waals surface area contributed by atoms with Crippen LogP contribution in [-0.4, -0.2) is 37.6 Å². The molecule has 160 valence electrons. The molecule has 6 nitrogen and oxygen atoms in total. The molecule has 0 saturated heterocycles. The molecule has 0 spiro atoms. The minimum atomic E-state index is -0.190. The van der Waals surface area contributed by atoms with Gasteiger partial charge in [-0.3, -0.25) is 9.59 Å². The van der Waals surface area contributed by atoms with E-state index in [9.17, 15) is 9.59 Å². The first-order valence-corrected chi connectivity index (χ1v) is 10.5. The van der Waals surface area contributed by atoms with E-state index in [2.05, 4.69) is 10.6 Å². The van der Waals surface area contributed by atoms with Crippen LogP contribution in [0, 0.1) is 5.92 Å². The van der Waals surface area contributed by atoms with Crippen molar-refractivity contribution < 1.29 is 19.1 Å². The lowest BCUT2D eigenvalue weighted by Gasteiger charge is -2.29. The number of rotatable bonds is 8. The van der Waals surface area contributed by atoms with Crippen LogP contribution in [0.2, 0.25) is 5.02 Å². The fraction of sp³-hybridized carbons (Fsp3) is 0.545. The Balaban J connectivity index is 1.98. The van der Waals surface area contributed by atoms with E-state index in [0.717, 1.165) is 24.8 Å². The fourth-order valence-electron chi connectivity index (χ4n) is 3.53. The number of carbonyl (C=O) groups excluding carboxylic acids is 2. The van der Waals surface area contributed by atoms with Crippen molar-refractivity contribution >= 4 is 29.5 Å². The Hall–Kier alpha value is -2.21. The number of nitrogens with one attached hydrogen (secondary N) is 2. The molecule has 0 bridgehead atoms. The summed E-state index contributed by atoms with van der Waals surface area (Å²) in [6, 6.07) is 3.63. The van der Waals surface area contributed by atoms with E-state index in [4.69, 9.17) is 21.1 Å². The Morgan fingerprint density at radius 2 is 2.07 bits per heavy atom. The quantitative estimate of drug-likeness (QED) is 0.621. The van der Waals surface area contributed by atoms with Gasteiger partial charge in [0.25, 0.3) is 0 Å². The average Bonchev–Trinajstić information content (AvgIpc) is 2.66. The number of hydrogen-bond acceptors (Lipinski definition) is 4. The van der Waals surface area contributed by atoms with Crippen LogP contribution in [0.4, 0.5) is 0 Å². The Bertz CT molecular complexity index is 749. The highest BCUT2D eigenvalue weighted by Crippen LogP contribution is 2.36. The minimum Gasteiger partial charge on any atom is -0.491 e. The van der Waals surface area contributed by atoms with Crippen LogP contribution in [-0.2, 0) is 9.59 Å². The van der Waals surface area contributed by atoms with Gasteiger partial charge in [0.1, 0.15) is 0 Å². The maximum atomic E-state index is 12.4. The number of halogens is 1. The molecule has 0 aromatic heterocycles. The number of hydrogen-bond donors (Lipinski definition) is 2. The predicted octanol–water partition coefficient (Wildman–Crippen LogP) is 3.96. The Labute approximate surface area is 178 Å². The zero-order valence-electron chi connectivity index (χ0n) is 17.6. The van der Waals surface area contributed by atoms with E-state index >= 15 is 0 Å². The SMILES string of the molecule is CCOc1cc(/C=C/C(=O)NC2CCCC(C(=O)NC(C)C)C2)cc(Cl)c1OC. The molecule has 1 fully saturated rings. The van der Waals surface area contributed by atoms with Crippen LogP contribution >= 0.6 is 11.6 Å². The van der Waals surface area contributed by atoms with E-state index in [-0.39, 0.29) is 29.8 Å². The van der Waals surface area contributed by atoms with Gasteiger partial charge in [0.2, 0.25) is 11.8 Å². The van der Waals surface area contributed by atoms with E-state index in [1.165, 1.54) is 13.2 Å². The molecule has 7 heteroatoms. The highest BCUT2D eigenvalue weighted by molar-refractivity contribution is 6.32. The van der Waals surface area contributed by atoms with Crippen molar-refractivity contribution in [1.29, 1.82) is 0 Å². The van der Waals surface area contributed by atoms with Crippen molar-refractivity contribution in [2.45, 2.75) is 58.5 Å². The van der Waals surface area contributed by atoms with Gasteiger partial charge < -0.3 is 20.1 Å². The second-order valence-corrected chi connectivity index (χ2v) is 7.94. The minimum absolute atomic E-state index is 0.00209. The van der Waals surface area contributed by atoms with Gasteiger partial charge in [-0.1, -0.05) is 18.0 Å². The van der Waals surface area contributed by atoms with Crippen molar-refractivity contribution in [2.75, 3.05) is 13.7 Å². The maximum absolute atomic E-state index is 12.4. The molecule has 2 amide bonds. The molecule has 2 rings (SSSR count). The second kappa shape index (κ2) is 11.1. The first-order valence-electron chi connectivity index (χ1n) is 10.1. The third-order valence-electron chi connectivity index (χ3n) is 4.79. The number of carbonyl (C=O) groups is 2. The molecule has 1 aliphatic rings. The average molecular weight is 423 g/mol. The normalized spacial score (nSPS) is 19.2. The van der Waals surface area contributed by atoms with E-state index in [1.807, 2.05) is 20.8 Å². The summed E-state index contributed by atoms with van der Waals surface area (Å²) in [5.74, 6) is 0.849. The van der Waals surface area contributed by atoms with Gasteiger partial charge in [-0.25, -0.2) is 0 Å². The van der Waals surface area contributed by atoms with Gasteiger partial charge in [0.05, 0.1) is 18.7 Å². The Kier molecular flexibility index (Phi) is 8.83. The molecule has 2 N–H and O–H groups in total. The molecular weight excluding hydrogens is 392 g/mol. The molecule has 2 atom stereocenters. The van der Waals surface area contributed by atoms with Gasteiger partial charge in [-0.05, 0) is 63.8 Å². The number of ether oxygens (including phenoxy) is 2. The molecule has 29 heavy (non-hydrogen) atoms. The molecule has 0 heterocycles. The fourth-order valence-corrected chi connectivity index (χ4v) is 3.82. The number of benzene rings is 1. The van der Waals surface area contributed by atoms with Crippen LogP contribution in [0.1, 0.15) is 52.0 Å². The lowest BCUT2D eigenvalue weighted by Crippen LogP contribution is -2.43. The number of methoxy groups -OCH3 is 1. The zero-order valence-corrected chi connectivity index (χ0v) is 18.3. The topological polar surface area (TPSA) is 76.7 Å². The largest absolute Gasteiger partial charge is 0.491 e. The highest BCUT2D eigenvalue weighted by atomic mass is 35.5. The Morgan fingerprint density at radius 3 is 2.72 bits per heavy atom. The van der Waals surface area contributed by atoms with E-state index in [0.29, 0.717) is 29.5 Å². The summed E-state index contributed by atoms with van der Waals surface area (Å²) in [5, 5.41) is 6.39. The van der Waals surface area contributed by atoms with Crippen LogP contribution in [0.15, 0.2) is 18.2 Å². The van der Waals surface area contributed by atoms with Gasteiger partial charge in [-0.15, -0.1) is 0 Å².